The Balaban J connectivity index is 4.09. The van der Waals surface area contributed by atoms with Crippen LogP contribution < -0.4 is 11.1 Å². The molecule has 2 unspecified atom stereocenters. The number of allylic oxidation sites excluding steroid dienone is 2. The summed E-state index contributed by atoms with van der Waals surface area (Å²) in [5, 5.41) is 11.9. The minimum absolute atomic E-state index is 0.0101. The van der Waals surface area contributed by atoms with Gasteiger partial charge >= 0.3 is 11.9 Å². The van der Waals surface area contributed by atoms with Crippen molar-refractivity contribution in [2.45, 2.75) is 212 Å². The number of amides is 1. The molecule has 0 rings (SSSR count). The van der Waals surface area contributed by atoms with Crippen LogP contribution in [0.5, 0.6) is 0 Å². The molecule has 0 aliphatic heterocycles. The van der Waals surface area contributed by atoms with Gasteiger partial charge in [-0.05, 0) is 83.6 Å². The number of unbranched alkanes of at least 4 members (excludes halogenated alkanes) is 19. The first-order valence-electron chi connectivity index (χ1n) is 19.5. The Morgan fingerprint density at radius 1 is 0.609 bits per heavy atom. The van der Waals surface area contributed by atoms with E-state index in [1.54, 1.807) is 0 Å². The molecular weight excluding hydrogens is 576 g/mol. The first kappa shape index (κ1) is 44.1. The van der Waals surface area contributed by atoms with Gasteiger partial charge in [0.1, 0.15) is 12.1 Å². The Morgan fingerprint density at radius 3 is 1.57 bits per heavy atom. The lowest BCUT2D eigenvalue weighted by Crippen LogP contribution is -2.40. The van der Waals surface area contributed by atoms with Crippen LogP contribution in [-0.2, 0) is 19.1 Å². The second kappa shape index (κ2) is 34.4. The van der Waals surface area contributed by atoms with Crippen LogP contribution in [0.2, 0.25) is 0 Å². The van der Waals surface area contributed by atoms with Crippen LogP contribution in [-0.4, -0.2) is 41.6 Å². The molecule has 0 spiro atoms. The fraction of sp³-hybridized carbons (Fsp3) is 0.872. The average molecular weight is 651 g/mol. The van der Waals surface area contributed by atoms with Crippen LogP contribution in [0.25, 0.3) is 0 Å². The fourth-order valence-corrected chi connectivity index (χ4v) is 5.86. The normalized spacial score (nSPS) is 12.8. The SMILES string of the molecule is CCCCCCCCC/C=C\CCCCCCCC(=O)OC(CCCCCCC)CCCCCCC(=O)NC(CCCN)C(=O)O. The van der Waals surface area contributed by atoms with E-state index in [0.717, 1.165) is 57.8 Å². The summed E-state index contributed by atoms with van der Waals surface area (Å²) >= 11 is 0. The van der Waals surface area contributed by atoms with Crippen LogP contribution in [0.15, 0.2) is 12.2 Å². The van der Waals surface area contributed by atoms with Crippen LogP contribution in [0.4, 0.5) is 0 Å². The molecule has 2 atom stereocenters. The highest BCUT2D eigenvalue weighted by Gasteiger charge is 2.19. The summed E-state index contributed by atoms with van der Waals surface area (Å²) in [7, 11) is 0. The Morgan fingerprint density at radius 2 is 1.07 bits per heavy atom. The molecule has 0 aromatic heterocycles. The summed E-state index contributed by atoms with van der Waals surface area (Å²) in [6, 6.07) is -0.861. The van der Waals surface area contributed by atoms with Crippen molar-refractivity contribution in [3.63, 3.8) is 0 Å². The van der Waals surface area contributed by atoms with E-state index in [1.807, 2.05) is 0 Å². The zero-order chi connectivity index (χ0) is 33.9. The maximum absolute atomic E-state index is 12.6. The molecule has 0 aromatic rings. The topological polar surface area (TPSA) is 119 Å². The number of ether oxygens (including phenoxy) is 1. The molecular formula is C39H74N2O5. The van der Waals surface area contributed by atoms with Crippen LogP contribution >= 0.6 is 0 Å². The summed E-state index contributed by atoms with van der Waals surface area (Å²) in [5.41, 5.74) is 5.47. The minimum Gasteiger partial charge on any atom is -0.480 e. The molecule has 0 aromatic carbocycles. The summed E-state index contributed by atoms with van der Waals surface area (Å²) < 4.78 is 5.95. The number of esters is 1. The maximum Gasteiger partial charge on any atom is 0.326 e. The largest absolute Gasteiger partial charge is 0.480 e. The van der Waals surface area contributed by atoms with Crippen molar-refractivity contribution in [1.29, 1.82) is 0 Å². The van der Waals surface area contributed by atoms with E-state index in [9.17, 15) is 19.5 Å². The molecule has 0 radical (unpaired) electrons. The van der Waals surface area contributed by atoms with Gasteiger partial charge in [-0.25, -0.2) is 4.79 Å². The minimum atomic E-state index is -1.01. The molecule has 0 aliphatic rings. The third-order valence-electron chi connectivity index (χ3n) is 8.83. The fourth-order valence-electron chi connectivity index (χ4n) is 5.86. The Hall–Kier alpha value is -1.89. The number of carboxylic acid groups (broad SMARTS) is 1. The molecule has 4 N–H and O–H groups in total. The van der Waals surface area contributed by atoms with E-state index in [2.05, 4.69) is 31.3 Å². The Bertz CT molecular complexity index is 742. The van der Waals surface area contributed by atoms with E-state index >= 15 is 0 Å². The van der Waals surface area contributed by atoms with E-state index in [0.29, 0.717) is 32.2 Å². The van der Waals surface area contributed by atoms with E-state index in [4.69, 9.17) is 10.5 Å². The number of carbonyl (C=O) groups is 3. The van der Waals surface area contributed by atoms with Gasteiger partial charge in [-0.2, -0.15) is 0 Å². The first-order valence-corrected chi connectivity index (χ1v) is 19.5. The number of hydrogen-bond donors (Lipinski definition) is 3. The highest BCUT2D eigenvalue weighted by molar-refractivity contribution is 5.83. The monoisotopic (exact) mass is 651 g/mol. The zero-order valence-electron chi connectivity index (χ0n) is 30.2. The number of carbonyl (C=O) groups excluding carboxylic acids is 2. The second-order valence-corrected chi connectivity index (χ2v) is 13.3. The number of nitrogens with two attached hydrogens (primary N) is 1. The highest BCUT2D eigenvalue weighted by atomic mass is 16.5. The molecule has 1 amide bonds. The first-order chi connectivity index (χ1) is 22.4. The number of aliphatic carboxylic acids is 1. The molecule has 46 heavy (non-hydrogen) atoms. The van der Waals surface area contributed by atoms with Gasteiger partial charge in [0, 0.05) is 12.8 Å². The maximum atomic E-state index is 12.6. The van der Waals surface area contributed by atoms with Gasteiger partial charge in [0.15, 0.2) is 0 Å². The van der Waals surface area contributed by atoms with Crippen molar-refractivity contribution in [2.24, 2.45) is 5.73 Å². The number of nitrogens with one attached hydrogen (secondary N) is 1. The molecule has 0 aliphatic carbocycles. The van der Waals surface area contributed by atoms with Crippen LogP contribution in [0.1, 0.15) is 200 Å². The molecule has 7 nitrogen and oxygen atoms in total. The van der Waals surface area contributed by atoms with E-state index < -0.39 is 12.0 Å². The second-order valence-electron chi connectivity index (χ2n) is 13.3. The predicted octanol–water partition coefficient (Wildman–Crippen LogP) is 10.3. The lowest BCUT2D eigenvalue weighted by molar-refractivity contribution is -0.150. The summed E-state index contributed by atoms with van der Waals surface area (Å²) in [6.07, 6.45) is 35.5. The molecule has 270 valence electrons. The third-order valence-corrected chi connectivity index (χ3v) is 8.83. The number of rotatable bonds is 35. The van der Waals surface area contributed by atoms with Crippen LogP contribution in [0.3, 0.4) is 0 Å². The van der Waals surface area contributed by atoms with Crippen molar-refractivity contribution >= 4 is 17.8 Å². The van der Waals surface area contributed by atoms with Crippen molar-refractivity contribution in [3.8, 4) is 0 Å². The van der Waals surface area contributed by atoms with Crippen molar-refractivity contribution in [2.75, 3.05) is 6.54 Å². The van der Waals surface area contributed by atoms with Crippen molar-refractivity contribution < 1.29 is 24.2 Å². The van der Waals surface area contributed by atoms with Crippen molar-refractivity contribution in [1.82, 2.24) is 5.32 Å². The quantitative estimate of drug-likeness (QED) is 0.0357. The third kappa shape index (κ3) is 30.7. The summed E-state index contributed by atoms with van der Waals surface area (Å²) in [6.45, 7) is 4.90. The van der Waals surface area contributed by atoms with Gasteiger partial charge in [-0.1, -0.05) is 122 Å². The molecule has 0 bridgehead atoms. The molecule has 0 heterocycles. The van der Waals surface area contributed by atoms with Gasteiger partial charge in [-0.15, -0.1) is 0 Å². The Labute approximate surface area is 283 Å². The summed E-state index contributed by atoms with van der Waals surface area (Å²) in [4.78, 5) is 36.1. The zero-order valence-corrected chi connectivity index (χ0v) is 30.2. The van der Waals surface area contributed by atoms with E-state index in [1.165, 1.54) is 103 Å². The van der Waals surface area contributed by atoms with E-state index in [-0.39, 0.29) is 18.0 Å². The predicted molar refractivity (Wildman–Crippen MR) is 193 cm³/mol. The molecule has 0 saturated carbocycles. The van der Waals surface area contributed by atoms with Gasteiger partial charge < -0.3 is 20.9 Å². The smallest absolute Gasteiger partial charge is 0.326 e. The molecule has 0 saturated heterocycles. The lowest BCUT2D eigenvalue weighted by atomic mass is 10.0. The average Bonchev–Trinajstić information content (AvgIpc) is 3.03. The van der Waals surface area contributed by atoms with Gasteiger partial charge in [0.05, 0.1) is 0 Å². The van der Waals surface area contributed by atoms with Crippen molar-refractivity contribution in [3.05, 3.63) is 12.2 Å². The highest BCUT2D eigenvalue weighted by Crippen LogP contribution is 2.18. The standard InChI is InChI=1S/C39H74N2O5/c1-3-5-7-9-10-11-12-13-14-15-16-17-18-19-21-27-33-38(43)46-35(29-24-20-8-6-4-2)30-25-22-23-26-32-37(42)41-36(39(44)45)31-28-34-40/h14-15,35-36H,3-13,16-34,40H2,1-2H3,(H,41,42)(H,44,45)/b15-14-. The number of carboxylic acids is 1. The van der Waals surface area contributed by atoms with Gasteiger partial charge in [-0.3, -0.25) is 9.59 Å². The van der Waals surface area contributed by atoms with Gasteiger partial charge in [0.25, 0.3) is 0 Å². The summed E-state index contributed by atoms with van der Waals surface area (Å²) in [5.74, 6) is -1.27. The van der Waals surface area contributed by atoms with Gasteiger partial charge in [0.2, 0.25) is 5.91 Å². The lowest BCUT2D eigenvalue weighted by Gasteiger charge is -2.18. The Kier molecular flexibility index (Phi) is 33.0. The molecule has 0 fully saturated rings. The van der Waals surface area contributed by atoms with Crippen LogP contribution in [0, 0.1) is 0 Å². The number of hydrogen-bond acceptors (Lipinski definition) is 5. The molecule has 7 heteroatoms.